The number of hydrogen-bond donors (Lipinski definition) is 0. The summed E-state index contributed by atoms with van der Waals surface area (Å²) in [4.78, 5) is 36.3. The van der Waals surface area contributed by atoms with Crippen molar-refractivity contribution in [2.75, 3.05) is 4.90 Å². The van der Waals surface area contributed by atoms with Gasteiger partial charge in [-0.15, -0.1) is 0 Å². The Kier molecular flexibility index (Phi) is 6.53. The third-order valence-corrected chi connectivity index (χ3v) is 5.02. The van der Waals surface area contributed by atoms with Gasteiger partial charge in [-0.1, -0.05) is 48.0 Å². The average molecular weight is 457 g/mol. The molecule has 2 aromatic carbocycles. The van der Waals surface area contributed by atoms with Gasteiger partial charge in [0, 0.05) is 22.9 Å². The minimum absolute atomic E-state index is 0.109. The summed E-state index contributed by atoms with van der Waals surface area (Å²) in [7, 11) is 0. The monoisotopic (exact) mass is 456 g/mol. The Hall–Kier alpha value is -4.35. The van der Waals surface area contributed by atoms with Gasteiger partial charge in [0.1, 0.15) is 0 Å². The summed E-state index contributed by atoms with van der Waals surface area (Å²) in [6.07, 6.45) is 4.89. The molecule has 0 fully saturated rings. The third kappa shape index (κ3) is 4.79. The van der Waals surface area contributed by atoms with Crippen LogP contribution in [0.5, 0.6) is 0 Å². The number of aromatic nitrogens is 4. The lowest BCUT2D eigenvalue weighted by atomic mass is 10.1. The molecule has 2 aromatic heterocycles. The van der Waals surface area contributed by atoms with E-state index in [1.165, 1.54) is 6.20 Å². The standard InChI is InChI=1S/C24H17ClN6O2/c25-20-15-27-24(29-21(20)19-14-28-30(16-19)13-7-12-26)31(22(32)17-8-3-1-4-9-17)23(33)18-10-5-2-6-11-18/h1-6,8-11,14-16H,7,13H2. The number of benzene rings is 2. The van der Waals surface area contributed by atoms with E-state index in [-0.39, 0.29) is 11.0 Å². The Morgan fingerprint density at radius 3 is 2.15 bits per heavy atom. The SMILES string of the molecule is N#CCCn1cc(-c2nc(N(C(=O)c3ccccc3)C(=O)c3ccccc3)ncc2Cl)cn1. The lowest BCUT2D eigenvalue weighted by Crippen LogP contribution is -2.38. The number of hydrogen-bond acceptors (Lipinski definition) is 6. The van der Waals surface area contributed by atoms with Crippen molar-refractivity contribution in [1.82, 2.24) is 19.7 Å². The van der Waals surface area contributed by atoms with E-state index in [1.807, 2.05) is 0 Å². The maximum Gasteiger partial charge on any atom is 0.267 e. The smallest absolute Gasteiger partial charge is 0.267 e. The van der Waals surface area contributed by atoms with Crippen LogP contribution >= 0.6 is 11.6 Å². The van der Waals surface area contributed by atoms with Crippen molar-refractivity contribution in [3.63, 3.8) is 0 Å². The lowest BCUT2D eigenvalue weighted by molar-refractivity contribution is 0.0895. The molecule has 0 saturated heterocycles. The molecule has 0 aliphatic carbocycles. The predicted octanol–water partition coefficient (Wildman–Crippen LogP) is 4.39. The van der Waals surface area contributed by atoms with Gasteiger partial charge in [0.25, 0.3) is 11.8 Å². The van der Waals surface area contributed by atoms with Gasteiger partial charge in [-0.3, -0.25) is 14.3 Å². The highest BCUT2D eigenvalue weighted by Gasteiger charge is 2.29. The van der Waals surface area contributed by atoms with Gasteiger partial charge in [-0.2, -0.15) is 10.4 Å². The van der Waals surface area contributed by atoms with Crippen LogP contribution < -0.4 is 4.90 Å². The van der Waals surface area contributed by atoms with Crippen molar-refractivity contribution in [2.45, 2.75) is 13.0 Å². The fraction of sp³-hybridized carbons (Fsp3) is 0.0833. The molecule has 0 bridgehead atoms. The molecule has 8 nitrogen and oxygen atoms in total. The Balaban J connectivity index is 1.78. The van der Waals surface area contributed by atoms with Crippen LogP contribution in [0.3, 0.4) is 0 Å². The number of halogens is 1. The molecule has 9 heteroatoms. The second kappa shape index (κ2) is 9.85. The van der Waals surface area contributed by atoms with Crippen LogP contribution in [0.4, 0.5) is 5.95 Å². The number of amides is 2. The highest BCUT2D eigenvalue weighted by molar-refractivity contribution is 6.33. The number of carbonyl (C=O) groups excluding carboxylic acids is 2. The molecule has 0 spiro atoms. The fourth-order valence-corrected chi connectivity index (χ4v) is 3.33. The van der Waals surface area contributed by atoms with Crippen LogP contribution in [0.2, 0.25) is 5.02 Å². The van der Waals surface area contributed by atoms with Crippen molar-refractivity contribution in [3.8, 4) is 17.3 Å². The van der Waals surface area contributed by atoms with Crippen LogP contribution in [-0.4, -0.2) is 31.6 Å². The van der Waals surface area contributed by atoms with E-state index in [1.54, 1.807) is 77.7 Å². The van der Waals surface area contributed by atoms with E-state index in [4.69, 9.17) is 16.9 Å². The number of nitrogens with zero attached hydrogens (tertiary/aromatic N) is 6. The largest absolute Gasteiger partial charge is 0.271 e. The van der Waals surface area contributed by atoms with Gasteiger partial charge in [-0.05, 0) is 24.3 Å². The van der Waals surface area contributed by atoms with Crippen LogP contribution in [0, 0.1) is 11.3 Å². The molecule has 4 aromatic rings. The molecular formula is C24H17ClN6O2. The Morgan fingerprint density at radius 1 is 0.970 bits per heavy atom. The second-order valence-electron chi connectivity index (χ2n) is 6.94. The zero-order chi connectivity index (χ0) is 23.2. The first-order valence-electron chi connectivity index (χ1n) is 9.99. The molecule has 0 atom stereocenters. The maximum absolute atomic E-state index is 13.4. The summed E-state index contributed by atoms with van der Waals surface area (Å²) in [5.41, 5.74) is 1.51. The molecule has 2 amide bonds. The highest BCUT2D eigenvalue weighted by atomic mass is 35.5. The lowest BCUT2D eigenvalue weighted by Gasteiger charge is -2.20. The van der Waals surface area contributed by atoms with E-state index in [2.05, 4.69) is 21.1 Å². The van der Waals surface area contributed by atoms with Gasteiger partial charge >= 0.3 is 0 Å². The minimum Gasteiger partial charge on any atom is -0.271 e. The normalized spacial score (nSPS) is 10.4. The molecule has 0 unspecified atom stereocenters. The average Bonchev–Trinajstić information content (AvgIpc) is 3.33. The van der Waals surface area contributed by atoms with Gasteiger partial charge in [-0.25, -0.2) is 14.9 Å². The summed E-state index contributed by atoms with van der Waals surface area (Å²) in [5.74, 6) is -1.24. The number of imide groups is 1. The van der Waals surface area contributed by atoms with E-state index < -0.39 is 11.8 Å². The van der Waals surface area contributed by atoms with E-state index in [0.717, 1.165) is 4.90 Å². The third-order valence-electron chi connectivity index (χ3n) is 4.74. The van der Waals surface area contributed by atoms with Crippen molar-refractivity contribution < 1.29 is 9.59 Å². The Bertz CT molecular complexity index is 1280. The van der Waals surface area contributed by atoms with Gasteiger partial charge in [0.2, 0.25) is 5.95 Å². The number of rotatable bonds is 6. The topological polar surface area (TPSA) is 105 Å². The first-order valence-corrected chi connectivity index (χ1v) is 10.4. The van der Waals surface area contributed by atoms with Crippen LogP contribution in [0.25, 0.3) is 11.3 Å². The maximum atomic E-state index is 13.4. The first kappa shape index (κ1) is 21.9. The van der Waals surface area contributed by atoms with Crippen LogP contribution in [0.1, 0.15) is 27.1 Å². The van der Waals surface area contributed by atoms with E-state index in [9.17, 15) is 9.59 Å². The van der Waals surface area contributed by atoms with Crippen molar-refractivity contribution in [1.29, 1.82) is 5.26 Å². The summed E-state index contributed by atoms with van der Waals surface area (Å²) in [6.45, 7) is 0.414. The molecular weight excluding hydrogens is 440 g/mol. The second-order valence-corrected chi connectivity index (χ2v) is 7.35. The van der Waals surface area contributed by atoms with Crippen LogP contribution in [-0.2, 0) is 6.54 Å². The Morgan fingerprint density at radius 2 is 1.58 bits per heavy atom. The highest BCUT2D eigenvalue weighted by Crippen LogP contribution is 2.28. The van der Waals surface area contributed by atoms with Crippen molar-refractivity contribution in [2.24, 2.45) is 0 Å². The van der Waals surface area contributed by atoms with Crippen molar-refractivity contribution in [3.05, 3.63) is 95.4 Å². The molecule has 0 aliphatic heterocycles. The van der Waals surface area contributed by atoms with Gasteiger partial charge in [0.15, 0.2) is 0 Å². The van der Waals surface area contributed by atoms with E-state index >= 15 is 0 Å². The molecule has 162 valence electrons. The summed E-state index contributed by atoms with van der Waals surface area (Å²) < 4.78 is 1.60. The van der Waals surface area contributed by atoms with Crippen LogP contribution in [0.15, 0.2) is 79.3 Å². The van der Waals surface area contributed by atoms with Gasteiger partial charge < -0.3 is 0 Å². The number of anilines is 1. The summed E-state index contributed by atoms with van der Waals surface area (Å²) in [6, 6.07) is 18.9. The number of carbonyl (C=O) groups is 2. The molecule has 4 rings (SSSR count). The zero-order valence-corrected chi connectivity index (χ0v) is 18.1. The number of nitriles is 1. The van der Waals surface area contributed by atoms with Gasteiger partial charge in [0.05, 0.1) is 42.1 Å². The quantitative estimate of drug-likeness (QED) is 0.398. The predicted molar refractivity (Wildman–Crippen MR) is 123 cm³/mol. The minimum atomic E-state index is -0.567. The Labute approximate surface area is 194 Å². The molecule has 2 heterocycles. The molecule has 0 N–H and O–H groups in total. The fourth-order valence-electron chi connectivity index (χ4n) is 3.13. The summed E-state index contributed by atoms with van der Waals surface area (Å²) >= 11 is 6.34. The van der Waals surface area contributed by atoms with Crippen molar-refractivity contribution >= 4 is 29.4 Å². The number of aryl methyl sites for hydroxylation is 1. The zero-order valence-electron chi connectivity index (χ0n) is 17.3. The summed E-state index contributed by atoms with van der Waals surface area (Å²) in [5, 5.41) is 13.2. The molecule has 33 heavy (non-hydrogen) atoms. The molecule has 0 radical (unpaired) electrons. The van der Waals surface area contributed by atoms with E-state index in [0.29, 0.717) is 35.3 Å². The first-order chi connectivity index (χ1) is 16.1. The molecule has 0 aliphatic rings. The molecule has 0 saturated carbocycles.